The van der Waals surface area contributed by atoms with Gasteiger partial charge in [0.2, 0.25) is 0 Å². The molecule has 10 heteroatoms. The van der Waals surface area contributed by atoms with Crippen molar-refractivity contribution < 1.29 is 15.3 Å². The Morgan fingerprint density at radius 1 is 0.524 bits per heavy atom. The average Bonchev–Trinajstić information content (AvgIpc) is 3.64. The lowest BCUT2D eigenvalue weighted by Gasteiger charge is -2.03. The molecule has 2 heterocycles. The number of nitrogens with one attached hydrogen (secondary N) is 2. The molecule has 42 heavy (non-hydrogen) atoms. The number of aromatic hydroxyl groups is 3. The first-order chi connectivity index (χ1) is 20.1. The Morgan fingerprint density at radius 2 is 1.10 bits per heavy atom. The fraction of sp³-hybridized carbons (Fsp3) is 0.0625. The Labute approximate surface area is 267 Å². The first-order valence-corrected chi connectivity index (χ1v) is 15.1. The minimum atomic E-state index is -0.542. The molecule has 5 N–H and O–H groups in total. The zero-order valence-corrected chi connectivity index (χ0v) is 27.2. The van der Waals surface area contributed by atoms with E-state index in [1.807, 2.05) is 30.3 Å². The van der Waals surface area contributed by atoms with Crippen LogP contribution in [-0.2, 0) is 0 Å². The van der Waals surface area contributed by atoms with Gasteiger partial charge in [-0.3, -0.25) is 10.2 Å². The van der Waals surface area contributed by atoms with E-state index in [4.69, 9.17) is 0 Å². The third-order valence-electron chi connectivity index (χ3n) is 6.63. The van der Waals surface area contributed by atoms with Crippen molar-refractivity contribution in [1.29, 1.82) is 0 Å². The summed E-state index contributed by atoms with van der Waals surface area (Å²) in [6, 6.07) is 27.0. The van der Waals surface area contributed by atoms with Crippen molar-refractivity contribution in [3.63, 3.8) is 0 Å². The first-order valence-electron chi connectivity index (χ1n) is 12.7. The summed E-state index contributed by atoms with van der Waals surface area (Å²) in [6.07, 6.45) is 0. The molecule has 0 aliphatic rings. The zero-order valence-electron chi connectivity index (χ0n) is 22.5. The highest BCUT2D eigenvalue weighted by atomic mass is 79.9. The number of nitrogens with zero attached hydrogens (tertiary/aromatic N) is 2. The van der Waals surface area contributed by atoms with E-state index in [1.54, 1.807) is 6.07 Å². The van der Waals surface area contributed by atoms with Crippen LogP contribution in [0.2, 0.25) is 0 Å². The van der Waals surface area contributed by atoms with Crippen molar-refractivity contribution in [2.75, 3.05) is 0 Å². The fourth-order valence-electron chi connectivity index (χ4n) is 4.25. The molecule has 4 aromatic carbocycles. The Bertz CT molecular complexity index is 1860. The van der Waals surface area contributed by atoms with E-state index >= 15 is 0 Å². The number of halogens is 3. The SMILES string of the molecule is Cc1ccc(-c2cc(-c3cccc(Br)c3)n[nH]2)cc1C.Oc1cc(-c2cc(-c3cc(Br)cc(Br)c3)n[nH]2)cc(O)c1O. The van der Waals surface area contributed by atoms with Gasteiger partial charge in [-0.05, 0) is 91.2 Å². The second kappa shape index (κ2) is 12.6. The molecule has 6 rings (SSSR count). The number of hydrogen-bond acceptors (Lipinski definition) is 5. The lowest BCUT2D eigenvalue weighted by Crippen LogP contribution is -1.83. The van der Waals surface area contributed by atoms with Crippen LogP contribution in [0.25, 0.3) is 45.0 Å². The molecule has 7 nitrogen and oxygen atoms in total. The van der Waals surface area contributed by atoms with Crippen LogP contribution >= 0.6 is 47.8 Å². The average molecular weight is 753 g/mol. The van der Waals surface area contributed by atoms with Crippen LogP contribution in [0.3, 0.4) is 0 Å². The lowest BCUT2D eigenvalue weighted by molar-refractivity contribution is 0.368. The predicted molar refractivity (Wildman–Crippen MR) is 176 cm³/mol. The number of hydrogen-bond donors (Lipinski definition) is 5. The molecule has 2 aromatic heterocycles. The van der Waals surface area contributed by atoms with Crippen LogP contribution in [0.15, 0.2) is 98.3 Å². The van der Waals surface area contributed by atoms with E-state index in [2.05, 4.69) is 118 Å². The van der Waals surface area contributed by atoms with Crippen LogP contribution in [0.4, 0.5) is 0 Å². The maximum absolute atomic E-state index is 9.58. The highest BCUT2D eigenvalue weighted by molar-refractivity contribution is 9.11. The summed E-state index contributed by atoms with van der Waals surface area (Å²) in [7, 11) is 0. The van der Waals surface area contributed by atoms with Gasteiger partial charge in [0.15, 0.2) is 17.2 Å². The van der Waals surface area contributed by atoms with Crippen molar-refractivity contribution in [2.24, 2.45) is 0 Å². The van der Waals surface area contributed by atoms with E-state index in [-0.39, 0.29) is 0 Å². The number of rotatable bonds is 4. The fourth-order valence-corrected chi connectivity index (χ4v) is 5.95. The molecule has 0 fully saturated rings. The first kappa shape index (κ1) is 29.6. The van der Waals surface area contributed by atoms with Crippen LogP contribution in [0.1, 0.15) is 11.1 Å². The summed E-state index contributed by atoms with van der Waals surface area (Å²) >= 11 is 10.3. The third-order valence-corrected chi connectivity index (χ3v) is 8.04. The largest absolute Gasteiger partial charge is 0.504 e. The van der Waals surface area contributed by atoms with E-state index in [0.717, 1.165) is 35.9 Å². The molecule has 0 aliphatic carbocycles. The van der Waals surface area contributed by atoms with Gasteiger partial charge in [0.05, 0.1) is 22.8 Å². The minimum absolute atomic E-state index is 0.392. The van der Waals surface area contributed by atoms with Crippen molar-refractivity contribution in [1.82, 2.24) is 20.4 Å². The van der Waals surface area contributed by atoms with Crippen LogP contribution < -0.4 is 0 Å². The van der Waals surface area contributed by atoms with Crippen molar-refractivity contribution in [3.05, 3.63) is 109 Å². The number of phenolic OH excluding ortho intramolecular Hbond substituents is 3. The maximum atomic E-state index is 9.58. The van der Waals surface area contributed by atoms with Crippen molar-refractivity contribution in [3.8, 4) is 62.3 Å². The number of benzene rings is 4. The van der Waals surface area contributed by atoms with Crippen molar-refractivity contribution >= 4 is 47.8 Å². The van der Waals surface area contributed by atoms with Gasteiger partial charge in [-0.15, -0.1) is 0 Å². The zero-order chi connectivity index (χ0) is 30.0. The molecule has 0 unspecified atom stereocenters. The van der Waals surface area contributed by atoms with Crippen LogP contribution in [0.5, 0.6) is 17.2 Å². The van der Waals surface area contributed by atoms with E-state index in [0.29, 0.717) is 17.0 Å². The Hall–Kier alpha value is -3.86. The maximum Gasteiger partial charge on any atom is 0.200 e. The summed E-state index contributed by atoms with van der Waals surface area (Å²) < 4.78 is 2.90. The molecule has 6 aromatic rings. The standard InChI is InChI=1S/C17H15BrN2.C15H10Br2N2O3/c1-11-6-7-14(8-12(11)2)17-10-16(19-20-17)13-4-3-5-15(18)9-13;16-9-1-7(2-10(17)5-9)11-6-12(19-18-11)8-3-13(20)15(22)14(21)4-8/h3-10H,1-2H3,(H,19,20);1-6,20-22H,(H,18,19). The molecule has 0 radical (unpaired) electrons. The normalized spacial score (nSPS) is 10.8. The molecular weight excluding hydrogens is 728 g/mol. The Balaban J connectivity index is 0.000000169. The van der Waals surface area contributed by atoms with E-state index in [1.165, 1.54) is 28.8 Å². The van der Waals surface area contributed by atoms with Gasteiger partial charge < -0.3 is 15.3 Å². The molecule has 0 bridgehead atoms. The lowest BCUT2D eigenvalue weighted by atomic mass is 10.0. The summed E-state index contributed by atoms with van der Waals surface area (Å²) in [5.41, 5.74) is 9.61. The molecule has 212 valence electrons. The van der Waals surface area contributed by atoms with Gasteiger partial charge in [-0.25, -0.2) is 0 Å². The quantitative estimate of drug-likeness (QED) is 0.115. The molecule has 0 atom stereocenters. The topological polar surface area (TPSA) is 118 Å². The van der Waals surface area contributed by atoms with Gasteiger partial charge in [0, 0.05) is 30.1 Å². The van der Waals surface area contributed by atoms with Crippen LogP contribution in [-0.4, -0.2) is 35.7 Å². The predicted octanol–water partition coefficient (Wildman–Crippen LogP) is 9.51. The number of aryl methyl sites for hydroxylation is 2. The van der Waals surface area contributed by atoms with Gasteiger partial charge in [0.1, 0.15) is 0 Å². The summed E-state index contributed by atoms with van der Waals surface area (Å²) in [5, 5.41) is 43.2. The van der Waals surface area contributed by atoms with Gasteiger partial charge in [-0.1, -0.05) is 72.1 Å². The van der Waals surface area contributed by atoms with Gasteiger partial charge in [-0.2, -0.15) is 10.2 Å². The number of aromatic amines is 2. The van der Waals surface area contributed by atoms with Crippen LogP contribution in [0, 0.1) is 13.8 Å². The number of aromatic nitrogens is 4. The molecular formula is C32H25Br3N4O3. The van der Waals surface area contributed by atoms with E-state index < -0.39 is 17.2 Å². The summed E-state index contributed by atoms with van der Waals surface area (Å²) in [6.45, 7) is 4.25. The molecule has 0 aliphatic heterocycles. The highest BCUT2D eigenvalue weighted by Crippen LogP contribution is 2.39. The third kappa shape index (κ3) is 6.78. The van der Waals surface area contributed by atoms with Gasteiger partial charge >= 0.3 is 0 Å². The molecule has 0 amide bonds. The molecule has 0 saturated carbocycles. The summed E-state index contributed by atoms with van der Waals surface area (Å²) in [4.78, 5) is 0. The monoisotopic (exact) mass is 750 g/mol. The second-order valence-corrected chi connectivity index (χ2v) is 12.4. The van der Waals surface area contributed by atoms with E-state index in [9.17, 15) is 15.3 Å². The number of phenols is 3. The summed E-state index contributed by atoms with van der Waals surface area (Å²) in [5.74, 6) is -1.33. The highest BCUT2D eigenvalue weighted by Gasteiger charge is 2.13. The molecule has 0 spiro atoms. The minimum Gasteiger partial charge on any atom is -0.504 e. The number of H-pyrrole nitrogens is 2. The molecule has 0 saturated heterocycles. The smallest absolute Gasteiger partial charge is 0.200 e. The van der Waals surface area contributed by atoms with Gasteiger partial charge in [0.25, 0.3) is 0 Å². The Kier molecular flexibility index (Phi) is 8.86. The van der Waals surface area contributed by atoms with Crippen molar-refractivity contribution in [2.45, 2.75) is 13.8 Å². The second-order valence-electron chi connectivity index (χ2n) is 9.66. The Morgan fingerprint density at radius 3 is 1.69 bits per heavy atom.